The molecule has 7 aromatic rings. The monoisotopic (exact) mass is 635 g/mol. The average molecular weight is 636 g/mol. The minimum atomic E-state index is 0.299. The van der Waals surface area contributed by atoms with Crippen molar-refractivity contribution >= 4 is 70.6 Å². The number of allylic oxidation sites excluding steroid dienone is 4. The number of thiophene rings is 2. The van der Waals surface area contributed by atoms with E-state index >= 15 is 0 Å². The maximum absolute atomic E-state index is 3.68. The molecular weight excluding hydrogens is 599 g/mol. The Morgan fingerprint density at radius 1 is 0.761 bits per heavy atom. The average Bonchev–Trinajstić information content (AvgIpc) is 3.82. The molecule has 8 rings (SSSR count). The van der Waals surface area contributed by atoms with Gasteiger partial charge in [0.25, 0.3) is 0 Å². The highest BCUT2D eigenvalue weighted by Gasteiger charge is 2.20. The van der Waals surface area contributed by atoms with E-state index in [0.717, 1.165) is 22.7 Å². The number of nitrogens with one attached hydrogen (secondary N) is 1. The Labute approximate surface area is 278 Å². The summed E-state index contributed by atoms with van der Waals surface area (Å²) in [5.74, 6) is 7.12. The SMILES string of the molecule is CCCCCCNc1ccc2c3sc(C#Cc4cc5c(s4)c4ccc(C)cc4n5-c4ccccc4)cc3n(C3C=CC=CC3)c2c1. The summed E-state index contributed by atoms with van der Waals surface area (Å²) in [6.07, 6.45) is 15.0. The number of benzene rings is 3. The number of fused-ring (bicyclic) bond motifs is 6. The Kier molecular flexibility index (Phi) is 7.78. The van der Waals surface area contributed by atoms with Crippen LogP contribution in [0, 0.1) is 18.8 Å². The van der Waals surface area contributed by atoms with Crippen molar-refractivity contribution in [2.45, 2.75) is 52.0 Å². The largest absolute Gasteiger partial charge is 0.385 e. The molecule has 0 radical (unpaired) electrons. The molecular formula is C41H37N3S2. The van der Waals surface area contributed by atoms with Crippen LogP contribution in [0.1, 0.15) is 60.4 Å². The Hall–Kier alpha value is -4.50. The zero-order chi connectivity index (χ0) is 31.0. The van der Waals surface area contributed by atoms with E-state index in [-0.39, 0.29) is 0 Å². The number of para-hydroxylation sites is 1. The van der Waals surface area contributed by atoms with Crippen molar-refractivity contribution in [2.24, 2.45) is 0 Å². The summed E-state index contributed by atoms with van der Waals surface area (Å²) in [6.45, 7) is 5.45. The van der Waals surface area contributed by atoms with Gasteiger partial charge in [-0.15, -0.1) is 22.7 Å². The van der Waals surface area contributed by atoms with E-state index in [1.165, 1.54) is 84.9 Å². The fourth-order valence-electron chi connectivity index (χ4n) is 6.81. The molecule has 3 nitrogen and oxygen atoms in total. The van der Waals surface area contributed by atoms with Crippen molar-refractivity contribution in [2.75, 3.05) is 11.9 Å². The Morgan fingerprint density at radius 2 is 1.52 bits per heavy atom. The minimum Gasteiger partial charge on any atom is -0.385 e. The van der Waals surface area contributed by atoms with Crippen LogP contribution >= 0.6 is 22.7 Å². The van der Waals surface area contributed by atoms with Crippen LogP contribution < -0.4 is 5.32 Å². The lowest BCUT2D eigenvalue weighted by molar-refractivity contribution is 0.648. The molecule has 0 saturated heterocycles. The summed E-state index contributed by atoms with van der Waals surface area (Å²) < 4.78 is 7.54. The highest BCUT2D eigenvalue weighted by molar-refractivity contribution is 7.21. The Bertz CT molecular complexity index is 2330. The first-order valence-electron chi connectivity index (χ1n) is 16.4. The van der Waals surface area contributed by atoms with Crippen LogP contribution in [0.2, 0.25) is 0 Å². The molecule has 1 aliphatic rings. The maximum atomic E-state index is 3.68. The standard InChI is InChI=1S/C41H37N3S2/c1-3-4-5-12-23-42-29-18-22-35-37(25-29)44(31-15-10-7-11-16-31)39-27-33(46-41(35)39)20-19-32-26-38-40(45-32)34-21-17-28(2)24-36(34)43(38)30-13-8-6-9-14-30/h6-11,13-15,17-18,21-22,24-27,31,42H,3-5,12,16,23H2,1-2H3. The second-order valence-electron chi connectivity index (χ2n) is 12.3. The number of hydrogen-bond donors (Lipinski definition) is 1. The predicted molar refractivity (Wildman–Crippen MR) is 201 cm³/mol. The summed E-state index contributed by atoms with van der Waals surface area (Å²) in [5.41, 5.74) is 8.71. The van der Waals surface area contributed by atoms with Gasteiger partial charge >= 0.3 is 0 Å². The minimum absolute atomic E-state index is 0.299. The number of hydrogen-bond acceptors (Lipinski definition) is 3. The van der Waals surface area contributed by atoms with Gasteiger partial charge in [0.15, 0.2) is 0 Å². The third-order valence-corrected chi connectivity index (χ3v) is 11.2. The molecule has 46 heavy (non-hydrogen) atoms. The summed E-state index contributed by atoms with van der Waals surface area (Å²) in [7, 11) is 0. The topological polar surface area (TPSA) is 21.9 Å². The van der Waals surface area contributed by atoms with Crippen LogP contribution in [0.4, 0.5) is 5.69 Å². The second kappa shape index (κ2) is 12.4. The molecule has 0 amide bonds. The lowest BCUT2D eigenvalue weighted by atomic mass is 10.1. The third kappa shape index (κ3) is 5.26. The smallest absolute Gasteiger partial charge is 0.0800 e. The van der Waals surface area contributed by atoms with Gasteiger partial charge < -0.3 is 14.5 Å². The van der Waals surface area contributed by atoms with Crippen molar-refractivity contribution in [1.82, 2.24) is 9.13 Å². The molecule has 5 heteroatoms. The van der Waals surface area contributed by atoms with Crippen LogP contribution in [0.25, 0.3) is 47.9 Å². The van der Waals surface area contributed by atoms with Crippen molar-refractivity contribution in [3.63, 3.8) is 0 Å². The van der Waals surface area contributed by atoms with E-state index in [0.29, 0.717) is 6.04 Å². The van der Waals surface area contributed by atoms with Crippen LogP contribution in [0.3, 0.4) is 0 Å². The van der Waals surface area contributed by atoms with E-state index in [9.17, 15) is 0 Å². The van der Waals surface area contributed by atoms with Gasteiger partial charge in [0.2, 0.25) is 0 Å². The second-order valence-corrected chi connectivity index (χ2v) is 14.4. The number of unbranched alkanes of at least 4 members (excludes halogenated alkanes) is 3. The fraction of sp³-hybridized carbons (Fsp3) is 0.220. The first-order chi connectivity index (χ1) is 22.7. The quantitative estimate of drug-likeness (QED) is 0.130. The maximum Gasteiger partial charge on any atom is 0.0800 e. The van der Waals surface area contributed by atoms with Crippen molar-refractivity contribution < 1.29 is 0 Å². The highest BCUT2D eigenvalue weighted by atomic mass is 32.1. The van der Waals surface area contributed by atoms with Crippen LogP contribution in [-0.4, -0.2) is 15.7 Å². The molecule has 0 fully saturated rings. The summed E-state index contributed by atoms with van der Waals surface area (Å²) in [5, 5.41) is 6.28. The van der Waals surface area contributed by atoms with E-state index in [1.54, 1.807) is 11.3 Å². The molecule has 0 saturated carbocycles. The first kappa shape index (κ1) is 28.9. The Balaban J connectivity index is 1.17. The van der Waals surface area contributed by atoms with E-state index in [2.05, 4.69) is 143 Å². The molecule has 1 aliphatic carbocycles. The number of aromatic nitrogens is 2. The first-order valence-corrected chi connectivity index (χ1v) is 18.1. The van der Waals surface area contributed by atoms with Gasteiger partial charge in [-0.3, -0.25) is 0 Å². The molecule has 0 bridgehead atoms. The van der Waals surface area contributed by atoms with Crippen LogP contribution in [0.5, 0.6) is 0 Å². The van der Waals surface area contributed by atoms with Crippen molar-refractivity contribution in [3.8, 4) is 17.5 Å². The molecule has 1 atom stereocenters. The number of nitrogens with zero attached hydrogens (tertiary/aromatic N) is 2. The van der Waals surface area contributed by atoms with Gasteiger partial charge in [-0.25, -0.2) is 0 Å². The van der Waals surface area contributed by atoms with Crippen LogP contribution in [0.15, 0.2) is 103 Å². The molecule has 4 heterocycles. The normalized spacial score (nSPS) is 14.5. The van der Waals surface area contributed by atoms with Gasteiger partial charge in [-0.1, -0.05) is 80.8 Å². The van der Waals surface area contributed by atoms with Crippen molar-refractivity contribution in [1.29, 1.82) is 0 Å². The van der Waals surface area contributed by atoms with Gasteiger partial charge in [-0.05, 0) is 85.7 Å². The molecule has 0 spiro atoms. The number of anilines is 1. The molecule has 1 N–H and O–H groups in total. The van der Waals surface area contributed by atoms with E-state index in [1.807, 2.05) is 11.3 Å². The van der Waals surface area contributed by atoms with Gasteiger partial charge in [-0.2, -0.15) is 0 Å². The van der Waals surface area contributed by atoms with E-state index in [4.69, 9.17) is 0 Å². The molecule has 3 aromatic carbocycles. The number of rotatable bonds is 8. The Morgan fingerprint density at radius 3 is 2.30 bits per heavy atom. The number of aryl methyl sites for hydroxylation is 1. The molecule has 0 aliphatic heterocycles. The summed E-state index contributed by atoms with van der Waals surface area (Å²) in [4.78, 5) is 2.21. The lowest BCUT2D eigenvalue weighted by Crippen LogP contribution is -2.07. The predicted octanol–water partition coefficient (Wildman–Crippen LogP) is 11.8. The zero-order valence-electron chi connectivity index (χ0n) is 26.3. The lowest BCUT2D eigenvalue weighted by Gasteiger charge is -2.18. The van der Waals surface area contributed by atoms with Gasteiger partial charge in [0.05, 0.1) is 47.3 Å². The zero-order valence-corrected chi connectivity index (χ0v) is 28.0. The van der Waals surface area contributed by atoms with Crippen molar-refractivity contribution in [3.05, 3.63) is 118 Å². The van der Waals surface area contributed by atoms with Gasteiger partial charge in [0.1, 0.15) is 0 Å². The van der Waals surface area contributed by atoms with E-state index < -0.39 is 0 Å². The van der Waals surface area contributed by atoms with Gasteiger partial charge in [0, 0.05) is 28.7 Å². The summed E-state index contributed by atoms with van der Waals surface area (Å²) in [6, 6.07) is 29.2. The third-order valence-electron chi connectivity index (χ3n) is 9.04. The molecule has 228 valence electrons. The van der Waals surface area contributed by atoms with Crippen LogP contribution in [-0.2, 0) is 0 Å². The highest BCUT2D eigenvalue weighted by Crippen LogP contribution is 2.41. The molecule has 4 aromatic heterocycles. The molecule has 1 unspecified atom stereocenters. The summed E-state index contributed by atoms with van der Waals surface area (Å²) >= 11 is 3.62. The fourth-order valence-corrected chi connectivity index (χ4v) is 8.87.